The van der Waals surface area contributed by atoms with Gasteiger partial charge in [-0.3, -0.25) is 4.79 Å². The van der Waals surface area contributed by atoms with Crippen molar-refractivity contribution in [2.24, 2.45) is 11.8 Å². The summed E-state index contributed by atoms with van der Waals surface area (Å²) in [5.41, 5.74) is 0. The highest BCUT2D eigenvalue weighted by molar-refractivity contribution is 5.74. The first-order valence-corrected chi connectivity index (χ1v) is 8.20. The van der Waals surface area contributed by atoms with Crippen molar-refractivity contribution >= 4 is 12.0 Å². The van der Waals surface area contributed by atoms with Crippen LogP contribution in [0.2, 0.25) is 0 Å². The predicted octanol–water partition coefficient (Wildman–Crippen LogP) is 3.10. The van der Waals surface area contributed by atoms with E-state index in [0.29, 0.717) is 30.8 Å². The van der Waals surface area contributed by atoms with Crippen molar-refractivity contribution in [3.05, 3.63) is 0 Å². The number of hydrogen-bond donors (Lipinski definition) is 2. The molecule has 0 bridgehead atoms. The molecule has 1 rings (SSSR count). The summed E-state index contributed by atoms with van der Waals surface area (Å²) >= 11 is 0. The van der Waals surface area contributed by atoms with Crippen molar-refractivity contribution in [2.45, 2.75) is 65.3 Å². The molecule has 1 aliphatic rings. The smallest absolute Gasteiger partial charge is 0.317 e. The van der Waals surface area contributed by atoms with Gasteiger partial charge in [-0.15, -0.1) is 0 Å². The standard InChI is InChI=1S/C16H30N2O3/c1-4-13(5-8-15(19)20)9-10-17-16(21)18(11-12(2)3)14-6-7-14/h12-14H,4-11H2,1-3H3,(H,17,21)(H,19,20). The molecule has 1 aliphatic carbocycles. The molecular formula is C16H30N2O3. The number of carbonyl (C=O) groups excluding carboxylic acids is 1. The number of rotatable bonds is 10. The van der Waals surface area contributed by atoms with Gasteiger partial charge >= 0.3 is 12.0 Å². The van der Waals surface area contributed by atoms with Gasteiger partial charge in [-0.05, 0) is 37.5 Å². The Bertz CT molecular complexity index is 340. The second-order valence-corrected chi connectivity index (χ2v) is 6.50. The topological polar surface area (TPSA) is 69.6 Å². The van der Waals surface area contributed by atoms with Crippen LogP contribution in [-0.4, -0.2) is 41.1 Å². The SMILES string of the molecule is CCC(CCNC(=O)N(CC(C)C)C1CC1)CCC(=O)O. The fourth-order valence-corrected chi connectivity index (χ4v) is 2.54. The van der Waals surface area contributed by atoms with E-state index in [-0.39, 0.29) is 12.5 Å². The number of hydrogen-bond acceptors (Lipinski definition) is 2. The second-order valence-electron chi connectivity index (χ2n) is 6.50. The summed E-state index contributed by atoms with van der Waals surface area (Å²) in [5.74, 6) is 0.116. The Kier molecular flexibility index (Phi) is 7.54. The number of carbonyl (C=O) groups is 2. The van der Waals surface area contributed by atoms with Gasteiger partial charge in [0.2, 0.25) is 0 Å². The van der Waals surface area contributed by atoms with Crippen molar-refractivity contribution in [1.82, 2.24) is 10.2 Å². The Morgan fingerprint density at radius 1 is 1.29 bits per heavy atom. The normalized spacial score (nSPS) is 15.8. The van der Waals surface area contributed by atoms with Crippen molar-refractivity contribution in [3.63, 3.8) is 0 Å². The number of nitrogens with one attached hydrogen (secondary N) is 1. The maximum Gasteiger partial charge on any atom is 0.317 e. The Hall–Kier alpha value is -1.26. The molecule has 122 valence electrons. The molecule has 0 spiro atoms. The van der Waals surface area contributed by atoms with E-state index < -0.39 is 5.97 Å². The number of carboxylic acids is 1. The molecule has 2 N–H and O–H groups in total. The van der Waals surface area contributed by atoms with Crippen LogP contribution in [0.3, 0.4) is 0 Å². The highest BCUT2D eigenvalue weighted by Crippen LogP contribution is 2.27. The number of aliphatic carboxylic acids is 1. The van der Waals surface area contributed by atoms with E-state index in [0.717, 1.165) is 32.2 Å². The average molecular weight is 298 g/mol. The Morgan fingerprint density at radius 2 is 1.95 bits per heavy atom. The van der Waals surface area contributed by atoms with Crippen LogP contribution in [-0.2, 0) is 4.79 Å². The molecule has 0 heterocycles. The first-order chi connectivity index (χ1) is 9.93. The van der Waals surface area contributed by atoms with Gasteiger partial charge in [0.25, 0.3) is 0 Å². The third-order valence-electron chi connectivity index (χ3n) is 3.98. The van der Waals surface area contributed by atoms with Crippen LogP contribution in [0.5, 0.6) is 0 Å². The third-order valence-corrected chi connectivity index (χ3v) is 3.98. The summed E-state index contributed by atoms with van der Waals surface area (Å²) in [6, 6.07) is 0.473. The monoisotopic (exact) mass is 298 g/mol. The largest absolute Gasteiger partial charge is 0.481 e. The van der Waals surface area contributed by atoms with Gasteiger partial charge in [0.15, 0.2) is 0 Å². The van der Waals surface area contributed by atoms with E-state index in [4.69, 9.17) is 5.11 Å². The second kappa shape index (κ2) is 8.90. The number of carboxylic acid groups (broad SMARTS) is 1. The molecule has 1 fully saturated rings. The molecule has 0 saturated heterocycles. The highest BCUT2D eigenvalue weighted by atomic mass is 16.4. The van der Waals surface area contributed by atoms with Crippen LogP contribution in [0, 0.1) is 11.8 Å². The number of urea groups is 1. The molecular weight excluding hydrogens is 268 g/mol. The summed E-state index contributed by atoms with van der Waals surface area (Å²) in [5, 5.41) is 11.7. The van der Waals surface area contributed by atoms with Crippen molar-refractivity contribution < 1.29 is 14.7 Å². The van der Waals surface area contributed by atoms with E-state index in [2.05, 4.69) is 26.1 Å². The highest BCUT2D eigenvalue weighted by Gasteiger charge is 2.32. The molecule has 1 saturated carbocycles. The Labute approximate surface area is 128 Å². The summed E-state index contributed by atoms with van der Waals surface area (Å²) < 4.78 is 0. The lowest BCUT2D eigenvalue weighted by molar-refractivity contribution is -0.137. The van der Waals surface area contributed by atoms with Crippen LogP contribution in [0.15, 0.2) is 0 Å². The van der Waals surface area contributed by atoms with Gasteiger partial charge in [-0.25, -0.2) is 4.79 Å². The number of nitrogens with zero attached hydrogens (tertiary/aromatic N) is 1. The molecule has 5 nitrogen and oxygen atoms in total. The fourth-order valence-electron chi connectivity index (χ4n) is 2.54. The summed E-state index contributed by atoms with van der Waals surface area (Å²) in [6.45, 7) is 7.78. The fraction of sp³-hybridized carbons (Fsp3) is 0.875. The molecule has 0 radical (unpaired) electrons. The molecule has 1 unspecified atom stereocenters. The van der Waals surface area contributed by atoms with Crippen molar-refractivity contribution in [1.29, 1.82) is 0 Å². The van der Waals surface area contributed by atoms with Gasteiger partial charge < -0.3 is 15.3 Å². The summed E-state index contributed by atoms with van der Waals surface area (Å²) in [7, 11) is 0. The molecule has 0 aliphatic heterocycles. The maximum absolute atomic E-state index is 12.2. The van der Waals surface area contributed by atoms with Gasteiger partial charge in [-0.2, -0.15) is 0 Å². The van der Waals surface area contributed by atoms with Crippen LogP contribution in [0.4, 0.5) is 4.79 Å². The molecule has 5 heteroatoms. The van der Waals surface area contributed by atoms with Gasteiger partial charge in [0.05, 0.1) is 0 Å². The summed E-state index contributed by atoms with van der Waals surface area (Å²) in [6.07, 6.45) is 4.97. The quantitative estimate of drug-likeness (QED) is 0.651. The number of amides is 2. The van der Waals surface area contributed by atoms with Crippen LogP contribution in [0.25, 0.3) is 0 Å². The Morgan fingerprint density at radius 3 is 2.43 bits per heavy atom. The first-order valence-electron chi connectivity index (χ1n) is 8.20. The molecule has 0 aromatic carbocycles. The van der Waals surface area contributed by atoms with Crippen molar-refractivity contribution in [3.8, 4) is 0 Å². The van der Waals surface area contributed by atoms with Crippen LogP contribution < -0.4 is 5.32 Å². The summed E-state index contributed by atoms with van der Waals surface area (Å²) in [4.78, 5) is 24.8. The van der Waals surface area contributed by atoms with E-state index in [1.54, 1.807) is 0 Å². The van der Waals surface area contributed by atoms with E-state index in [1.807, 2.05) is 4.90 Å². The van der Waals surface area contributed by atoms with Crippen LogP contribution in [0.1, 0.15) is 59.3 Å². The molecule has 21 heavy (non-hydrogen) atoms. The zero-order chi connectivity index (χ0) is 15.8. The first kappa shape index (κ1) is 17.8. The molecule has 0 aromatic rings. The lowest BCUT2D eigenvalue weighted by atomic mass is 9.97. The maximum atomic E-state index is 12.2. The van der Waals surface area contributed by atoms with Gasteiger partial charge in [-0.1, -0.05) is 27.2 Å². The lowest BCUT2D eigenvalue weighted by Crippen LogP contribution is -2.43. The van der Waals surface area contributed by atoms with Gasteiger partial charge in [0.1, 0.15) is 0 Å². The van der Waals surface area contributed by atoms with Crippen molar-refractivity contribution in [2.75, 3.05) is 13.1 Å². The lowest BCUT2D eigenvalue weighted by Gasteiger charge is -2.25. The van der Waals surface area contributed by atoms with E-state index in [9.17, 15) is 9.59 Å². The minimum Gasteiger partial charge on any atom is -0.481 e. The zero-order valence-corrected chi connectivity index (χ0v) is 13.6. The van der Waals surface area contributed by atoms with E-state index in [1.165, 1.54) is 0 Å². The molecule has 2 amide bonds. The van der Waals surface area contributed by atoms with E-state index >= 15 is 0 Å². The Balaban J connectivity index is 2.28. The zero-order valence-electron chi connectivity index (χ0n) is 13.6. The third kappa shape index (κ3) is 7.34. The predicted molar refractivity (Wildman–Crippen MR) is 83.2 cm³/mol. The average Bonchev–Trinajstić information content (AvgIpc) is 3.23. The molecule has 1 atom stereocenters. The van der Waals surface area contributed by atoms with Crippen LogP contribution >= 0.6 is 0 Å². The minimum absolute atomic E-state index is 0.0410. The minimum atomic E-state index is -0.741. The van der Waals surface area contributed by atoms with Gasteiger partial charge in [0, 0.05) is 25.6 Å². The molecule has 0 aromatic heterocycles.